The SMILES string of the molecule is O=C(NC[C@@H]1CCCO1)C1=NO[C@@]2(CCN(C(=O)c3ccccn3)C2)C1. The van der Waals surface area contributed by atoms with Gasteiger partial charge < -0.3 is 19.8 Å². The fraction of sp³-hybridized carbons (Fsp3) is 0.556. The van der Waals surface area contributed by atoms with Crippen LogP contribution < -0.4 is 5.32 Å². The summed E-state index contributed by atoms with van der Waals surface area (Å²) in [6, 6.07) is 5.26. The molecule has 8 nitrogen and oxygen atoms in total. The lowest BCUT2D eigenvalue weighted by molar-refractivity contribution is -0.115. The maximum Gasteiger partial charge on any atom is 0.272 e. The molecule has 8 heteroatoms. The summed E-state index contributed by atoms with van der Waals surface area (Å²) in [5.74, 6) is -0.339. The van der Waals surface area contributed by atoms with Crippen molar-refractivity contribution in [2.24, 2.45) is 5.16 Å². The number of rotatable bonds is 4. The lowest BCUT2D eigenvalue weighted by Crippen LogP contribution is -2.40. The monoisotopic (exact) mass is 358 g/mol. The van der Waals surface area contributed by atoms with Crippen LogP contribution in [0.1, 0.15) is 36.2 Å². The van der Waals surface area contributed by atoms with E-state index in [1.54, 1.807) is 29.3 Å². The minimum absolute atomic E-state index is 0.0915. The van der Waals surface area contributed by atoms with Crippen LogP contribution in [0.3, 0.4) is 0 Å². The molecule has 26 heavy (non-hydrogen) atoms. The van der Waals surface area contributed by atoms with Crippen molar-refractivity contribution in [1.82, 2.24) is 15.2 Å². The smallest absolute Gasteiger partial charge is 0.272 e. The summed E-state index contributed by atoms with van der Waals surface area (Å²) in [4.78, 5) is 36.3. The van der Waals surface area contributed by atoms with Crippen molar-refractivity contribution in [2.45, 2.75) is 37.4 Å². The molecule has 138 valence electrons. The summed E-state index contributed by atoms with van der Waals surface area (Å²) in [6.45, 7) is 2.23. The Kier molecular flexibility index (Phi) is 4.58. The summed E-state index contributed by atoms with van der Waals surface area (Å²) in [6.07, 6.45) is 4.76. The Morgan fingerprint density at radius 1 is 1.38 bits per heavy atom. The van der Waals surface area contributed by atoms with Gasteiger partial charge in [-0.25, -0.2) is 0 Å². The third-order valence-corrected chi connectivity index (χ3v) is 5.10. The summed E-state index contributed by atoms with van der Waals surface area (Å²) < 4.78 is 5.51. The van der Waals surface area contributed by atoms with E-state index in [4.69, 9.17) is 9.57 Å². The van der Waals surface area contributed by atoms with Crippen LogP contribution in [0.5, 0.6) is 0 Å². The second-order valence-corrected chi connectivity index (χ2v) is 7.03. The second-order valence-electron chi connectivity index (χ2n) is 7.03. The molecular weight excluding hydrogens is 336 g/mol. The highest BCUT2D eigenvalue weighted by Gasteiger charge is 2.48. The van der Waals surface area contributed by atoms with E-state index < -0.39 is 5.60 Å². The van der Waals surface area contributed by atoms with E-state index in [2.05, 4.69) is 15.5 Å². The van der Waals surface area contributed by atoms with Crippen molar-refractivity contribution in [3.05, 3.63) is 30.1 Å². The van der Waals surface area contributed by atoms with Crippen molar-refractivity contribution in [3.63, 3.8) is 0 Å². The van der Waals surface area contributed by atoms with Crippen molar-refractivity contribution in [2.75, 3.05) is 26.2 Å². The Hall–Kier alpha value is -2.48. The molecule has 1 aromatic rings. The second kappa shape index (κ2) is 7.03. The number of amides is 2. The number of oxime groups is 1. The average Bonchev–Trinajstić information content (AvgIpc) is 3.42. The summed E-state index contributed by atoms with van der Waals surface area (Å²) >= 11 is 0. The summed E-state index contributed by atoms with van der Waals surface area (Å²) in [5, 5.41) is 6.86. The van der Waals surface area contributed by atoms with Crippen molar-refractivity contribution < 1.29 is 19.2 Å². The maximum absolute atomic E-state index is 12.5. The zero-order valence-electron chi connectivity index (χ0n) is 14.5. The molecule has 0 radical (unpaired) electrons. The highest BCUT2D eigenvalue weighted by Crippen LogP contribution is 2.34. The molecule has 0 unspecified atom stereocenters. The van der Waals surface area contributed by atoms with Gasteiger partial charge in [0.05, 0.1) is 12.6 Å². The van der Waals surface area contributed by atoms with Crippen molar-refractivity contribution in [3.8, 4) is 0 Å². The van der Waals surface area contributed by atoms with Gasteiger partial charge in [0.25, 0.3) is 11.8 Å². The number of nitrogens with zero attached hydrogens (tertiary/aromatic N) is 3. The van der Waals surface area contributed by atoms with Crippen LogP contribution in [0.4, 0.5) is 0 Å². The topological polar surface area (TPSA) is 93.1 Å². The molecule has 3 aliphatic heterocycles. The first kappa shape index (κ1) is 17.0. The highest BCUT2D eigenvalue weighted by molar-refractivity contribution is 6.39. The Balaban J connectivity index is 1.31. The van der Waals surface area contributed by atoms with Gasteiger partial charge in [0, 0.05) is 38.7 Å². The van der Waals surface area contributed by atoms with E-state index in [9.17, 15) is 9.59 Å². The molecule has 1 N–H and O–H groups in total. The van der Waals surface area contributed by atoms with E-state index in [0.717, 1.165) is 19.4 Å². The number of hydrogen-bond donors (Lipinski definition) is 1. The van der Waals surface area contributed by atoms with E-state index in [-0.39, 0.29) is 17.9 Å². The molecule has 4 rings (SSSR count). The van der Waals surface area contributed by atoms with Gasteiger partial charge in [-0.2, -0.15) is 0 Å². The number of pyridine rings is 1. The van der Waals surface area contributed by atoms with Gasteiger partial charge in [0.15, 0.2) is 5.60 Å². The average molecular weight is 358 g/mol. The molecule has 4 heterocycles. The maximum atomic E-state index is 12.5. The van der Waals surface area contributed by atoms with E-state index in [1.165, 1.54) is 0 Å². The minimum Gasteiger partial charge on any atom is -0.386 e. The van der Waals surface area contributed by atoms with Gasteiger partial charge in [0.2, 0.25) is 0 Å². The van der Waals surface area contributed by atoms with Gasteiger partial charge in [-0.3, -0.25) is 14.6 Å². The molecule has 0 bridgehead atoms. The molecule has 0 saturated carbocycles. The quantitative estimate of drug-likeness (QED) is 0.857. The third-order valence-electron chi connectivity index (χ3n) is 5.10. The predicted molar refractivity (Wildman–Crippen MR) is 92.6 cm³/mol. The number of hydrogen-bond acceptors (Lipinski definition) is 6. The lowest BCUT2D eigenvalue weighted by atomic mass is 9.96. The van der Waals surface area contributed by atoms with Crippen LogP contribution in [-0.2, 0) is 14.4 Å². The first-order valence-electron chi connectivity index (χ1n) is 9.00. The molecule has 0 aromatic carbocycles. The minimum atomic E-state index is -0.596. The fourth-order valence-corrected chi connectivity index (χ4v) is 3.65. The zero-order valence-corrected chi connectivity index (χ0v) is 14.5. The molecule has 2 atom stereocenters. The standard InChI is InChI=1S/C18H22N4O4/c23-16(20-11-13-4-3-9-25-13)15-10-18(26-21-15)6-8-22(12-18)17(24)14-5-1-2-7-19-14/h1-2,5,7,13H,3-4,6,8-12H2,(H,20,23)/t13-,18-/m0/s1. The predicted octanol–water partition coefficient (Wildman–Crippen LogP) is 0.738. The van der Waals surface area contributed by atoms with E-state index in [0.29, 0.717) is 43.9 Å². The molecular formula is C18H22N4O4. The molecule has 1 spiro atoms. The Morgan fingerprint density at radius 3 is 3.08 bits per heavy atom. The third kappa shape index (κ3) is 3.41. The normalized spacial score (nSPS) is 27.5. The van der Waals surface area contributed by atoms with Gasteiger partial charge >= 0.3 is 0 Å². The highest BCUT2D eigenvalue weighted by atomic mass is 16.7. The van der Waals surface area contributed by atoms with Crippen LogP contribution in [-0.4, -0.2) is 65.4 Å². The van der Waals surface area contributed by atoms with Gasteiger partial charge in [-0.15, -0.1) is 0 Å². The van der Waals surface area contributed by atoms with Crippen LogP contribution in [0.2, 0.25) is 0 Å². The first-order chi connectivity index (χ1) is 12.7. The summed E-state index contributed by atoms with van der Waals surface area (Å²) in [7, 11) is 0. The van der Waals surface area contributed by atoms with Crippen LogP contribution in [0.15, 0.2) is 29.6 Å². The van der Waals surface area contributed by atoms with Crippen molar-refractivity contribution >= 4 is 17.5 Å². The Morgan fingerprint density at radius 2 is 2.31 bits per heavy atom. The number of aromatic nitrogens is 1. The van der Waals surface area contributed by atoms with Gasteiger partial charge in [-0.05, 0) is 25.0 Å². The van der Waals surface area contributed by atoms with Crippen LogP contribution in [0, 0.1) is 0 Å². The van der Waals surface area contributed by atoms with Crippen LogP contribution in [0.25, 0.3) is 0 Å². The molecule has 3 aliphatic rings. The number of carbonyl (C=O) groups excluding carboxylic acids is 2. The Bertz CT molecular complexity index is 717. The molecule has 0 aliphatic carbocycles. The van der Waals surface area contributed by atoms with Crippen LogP contribution >= 0.6 is 0 Å². The van der Waals surface area contributed by atoms with E-state index in [1.807, 2.05) is 0 Å². The number of carbonyl (C=O) groups is 2. The molecule has 2 amide bonds. The van der Waals surface area contributed by atoms with Crippen molar-refractivity contribution in [1.29, 1.82) is 0 Å². The number of nitrogens with one attached hydrogen (secondary N) is 1. The lowest BCUT2D eigenvalue weighted by Gasteiger charge is -2.21. The molecule has 2 fully saturated rings. The Labute approximate surface area is 151 Å². The molecule has 2 saturated heterocycles. The zero-order chi connectivity index (χ0) is 18.0. The first-order valence-corrected chi connectivity index (χ1v) is 9.00. The number of likely N-dealkylation sites (tertiary alicyclic amines) is 1. The fourth-order valence-electron chi connectivity index (χ4n) is 3.65. The largest absolute Gasteiger partial charge is 0.386 e. The molecule has 1 aromatic heterocycles. The number of ether oxygens (including phenoxy) is 1. The van der Waals surface area contributed by atoms with E-state index >= 15 is 0 Å². The van der Waals surface area contributed by atoms with Gasteiger partial charge in [0.1, 0.15) is 11.4 Å². The van der Waals surface area contributed by atoms with Gasteiger partial charge in [-0.1, -0.05) is 11.2 Å². The summed E-state index contributed by atoms with van der Waals surface area (Å²) in [5.41, 5.74) is 0.203.